The number of non-ortho nitro benzene ring substituents is 1. The third-order valence-corrected chi connectivity index (χ3v) is 5.94. The van der Waals surface area contributed by atoms with Crippen molar-refractivity contribution in [3.63, 3.8) is 0 Å². The first-order valence-corrected chi connectivity index (χ1v) is 11.4. The molecule has 1 heterocycles. The van der Waals surface area contributed by atoms with Gasteiger partial charge in [-0.15, -0.1) is 0 Å². The zero-order chi connectivity index (χ0) is 22.7. The van der Waals surface area contributed by atoms with Crippen molar-refractivity contribution in [2.45, 2.75) is 19.8 Å². The van der Waals surface area contributed by atoms with Crippen LogP contribution in [-0.4, -0.2) is 22.8 Å². The maximum Gasteiger partial charge on any atom is 0.363 e. The molecule has 0 aliphatic carbocycles. The van der Waals surface area contributed by atoms with Gasteiger partial charge in [0.2, 0.25) is 5.90 Å². The van der Waals surface area contributed by atoms with E-state index in [-0.39, 0.29) is 33.8 Å². The molecule has 160 valence electrons. The van der Waals surface area contributed by atoms with Gasteiger partial charge in [0.25, 0.3) is 5.69 Å². The first-order valence-electron chi connectivity index (χ1n) is 8.86. The number of aliphatic imine (C=N–C) groups is 1. The smallest absolute Gasteiger partial charge is 0.363 e. The van der Waals surface area contributed by atoms with Gasteiger partial charge in [-0.2, -0.15) is 0 Å². The van der Waals surface area contributed by atoms with Gasteiger partial charge < -0.3 is 9.47 Å². The Morgan fingerprint density at radius 1 is 1.29 bits per heavy atom. The van der Waals surface area contributed by atoms with Gasteiger partial charge in [0.1, 0.15) is 0 Å². The number of halogens is 3. The number of carbonyl (C=O) groups is 2. The number of hydrogen-bond donors (Lipinski definition) is 0. The van der Waals surface area contributed by atoms with Crippen molar-refractivity contribution in [1.82, 2.24) is 0 Å². The lowest BCUT2D eigenvalue weighted by Gasteiger charge is -2.09. The van der Waals surface area contributed by atoms with Crippen LogP contribution >= 0.6 is 56.8 Å². The van der Waals surface area contributed by atoms with Crippen LogP contribution in [0.2, 0.25) is 5.02 Å². The summed E-state index contributed by atoms with van der Waals surface area (Å²) in [5, 5.41) is 11.2. The molecule has 0 spiro atoms. The minimum absolute atomic E-state index is 0.0138. The van der Waals surface area contributed by atoms with Crippen molar-refractivity contribution in [3.8, 4) is 5.75 Å². The van der Waals surface area contributed by atoms with Gasteiger partial charge in [-0.3, -0.25) is 14.9 Å². The quantitative estimate of drug-likeness (QED) is 0.101. The van der Waals surface area contributed by atoms with Crippen LogP contribution in [-0.2, 0) is 14.3 Å². The Bertz CT molecular complexity index is 1140. The fourth-order valence-electron chi connectivity index (χ4n) is 2.60. The predicted molar refractivity (Wildman–Crippen MR) is 131 cm³/mol. The van der Waals surface area contributed by atoms with E-state index < -0.39 is 10.9 Å². The molecule has 1 aliphatic heterocycles. The molecule has 0 atom stereocenters. The van der Waals surface area contributed by atoms with Crippen LogP contribution < -0.4 is 4.74 Å². The largest absolute Gasteiger partial charge is 0.424 e. The maximum atomic E-state index is 12.3. The Balaban J connectivity index is 1.93. The summed E-state index contributed by atoms with van der Waals surface area (Å²) < 4.78 is 12.0. The number of hydrogen-bond acceptors (Lipinski definition) is 7. The summed E-state index contributed by atoms with van der Waals surface area (Å²) in [4.78, 5) is 38.7. The number of ether oxygens (including phenoxy) is 2. The molecule has 0 N–H and O–H groups in total. The predicted octanol–water partition coefficient (Wildman–Crippen LogP) is 5.51. The van der Waals surface area contributed by atoms with E-state index in [2.05, 4.69) is 4.99 Å². The Morgan fingerprint density at radius 2 is 1.97 bits per heavy atom. The van der Waals surface area contributed by atoms with Crippen LogP contribution in [0.4, 0.5) is 5.69 Å². The standard InChI is InChI=1S/C20H13ClI2N2O6/c1-2-3-17(26)30-18-14(22)6-10(7-15(18)23)8-16-20(27)31-19(24-16)12-9-11(25(28)29)4-5-13(12)21/h4-9H,2-3H2,1H3/b16-8-. The summed E-state index contributed by atoms with van der Waals surface area (Å²) in [7, 11) is 0. The number of nitro benzene ring substituents is 1. The van der Waals surface area contributed by atoms with Crippen molar-refractivity contribution in [2.75, 3.05) is 0 Å². The lowest BCUT2D eigenvalue weighted by atomic mass is 10.2. The number of rotatable bonds is 6. The third-order valence-electron chi connectivity index (χ3n) is 4.01. The monoisotopic (exact) mass is 666 g/mol. The number of nitro groups is 1. The Labute approximate surface area is 209 Å². The maximum absolute atomic E-state index is 12.3. The van der Waals surface area contributed by atoms with Crippen molar-refractivity contribution in [2.24, 2.45) is 4.99 Å². The van der Waals surface area contributed by atoms with Gasteiger partial charge in [-0.25, -0.2) is 9.79 Å². The molecule has 0 fully saturated rings. The SMILES string of the molecule is CCCC(=O)Oc1c(I)cc(/C=C2\N=C(c3cc([N+](=O)[O-])ccc3Cl)OC2=O)cc1I. The van der Waals surface area contributed by atoms with E-state index in [0.717, 1.165) is 0 Å². The summed E-state index contributed by atoms with van der Waals surface area (Å²) in [6.07, 6.45) is 2.53. The molecule has 0 radical (unpaired) electrons. The number of cyclic esters (lactones) is 1. The normalized spacial score (nSPS) is 14.4. The minimum atomic E-state index is -0.707. The van der Waals surface area contributed by atoms with E-state index in [1.165, 1.54) is 24.3 Å². The molecule has 0 saturated heterocycles. The molecule has 0 aromatic heterocycles. The van der Waals surface area contributed by atoms with E-state index in [0.29, 0.717) is 31.3 Å². The number of benzene rings is 2. The van der Waals surface area contributed by atoms with Crippen LogP contribution in [0.3, 0.4) is 0 Å². The highest BCUT2D eigenvalue weighted by molar-refractivity contribution is 14.1. The van der Waals surface area contributed by atoms with Gasteiger partial charge in [0, 0.05) is 18.6 Å². The summed E-state index contributed by atoms with van der Waals surface area (Å²) >= 11 is 10.2. The second-order valence-electron chi connectivity index (χ2n) is 6.30. The van der Waals surface area contributed by atoms with Crippen LogP contribution in [0.5, 0.6) is 5.75 Å². The van der Waals surface area contributed by atoms with Crippen molar-refractivity contribution in [3.05, 3.63) is 69.4 Å². The van der Waals surface area contributed by atoms with E-state index in [4.69, 9.17) is 21.1 Å². The van der Waals surface area contributed by atoms with Gasteiger partial charge in [0.05, 0.1) is 22.6 Å². The zero-order valence-electron chi connectivity index (χ0n) is 15.9. The van der Waals surface area contributed by atoms with Crippen molar-refractivity contribution >= 4 is 86.4 Å². The van der Waals surface area contributed by atoms with Crippen LogP contribution in [0.15, 0.2) is 41.0 Å². The molecular formula is C20H13ClI2N2O6. The molecule has 0 unspecified atom stereocenters. The second-order valence-corrected chi connectivity index (χ2v) is 9.03. The molecule has 0 saturated carbocycles. The Kier molecular flexibility index (Phi) is 7.64. The van der Waals surface area contributed by atoms with Crippen LogP contribution in [0, 0.1) is 17.3 Å². The first kappa shape index (κ1) is 23.6. The number of esters is 2. The lowest BCUT2D eigenvalue weighted by molar-refractivity contribution is -0.384. The highest BCUT2D eigenvalue weighted by atomic mass is 127. The molecule has 1 aliphatic rings. The highest BCUT2D eigenvalue weighted by Crippen LogP contribution is 2.32. The third kappa shape index (κ3) is 5.60. The average molecular weight is 667 g/mol. The van der Waals surface area contributed by atoms with E-state index >= 15 is 0 Å². The fourth-order valence-corrected chi connectivity index (χ4v) is 4.84. The summed E-state index contributed by atoms with van der Waals surface area (Å²) in [6, 6.07) is 7.27. The zero-order valence-corrected chi connectivity index (χ0v) is 20.9. The molecule has 2 aromatic carbocycles. The minimum Gasteiger partial charge on any atom is -0.424 e. The molecule has 2 aromatic rings. The summed E-state index contributed by atoms with van der Waals surface area (Å²) in [5.41, 5.74) is 0.605. The molecule has 31 heavy (non-hydrogen) atoms. The topological polar surface area (TPSA) is 108 Å². The molecule has 0 amide bonds. The summed E-state index contributed by atoms with van der Waals surface area (Å²) in [6.45, 7) is 1.89. The molecule has 0 bridgehead atoms. The number of carbonyl (C=O) groups excluding carboxylic acids is 2. The van der Waals surface area contributed by atoms with Gasteiger partial charge >= 0.3 is 11.9 Å². The Hall–Kier alpha value is -2.06. The van der Waals surface area contributed by atoms with Gasteiger partial charge in [0.15, 0.2) is 11.4 Å². The molecule has 8 nitrogen and oxygen atoms in total. The average Bonchev–Trinajstić information content (AvgIpc) is 3.05. The second kappa shape index (κ2) is 10.0. The Morgan fingerprint density at radius 3 is 2.58 bits per heavy atom. The van der Waals surface area contributed by atoms with Crippen LogP contribution in [0.1, 0.15) is 30.9 Å². The number of nitrogens with zero attached hydrogens (tertiary/aromatic N) is 2. The van der Waals surface area contributed by atoms with Crippen LogP contribution in [0.25, 0.3) is 6.08 Å². The highest BCUT2D eigenvalue weighted by Gasteiger charge is 2.27. The molecule has 11 heteroatoms. The van der Waals surface area contributed by atoms with Crippen molar-refractivity contribution < 1.29 is 24.0 Å². The van der Waals surface area contributed by atoms with E-state index in [1.54, 1.807) is 12.1 Å². The van der Waals surface area contributed by atoms with Gasteiger partial charge in [-0.1, -0.05) is 18.5 Å². The summed E-state index contributed by atoms with van der Waals surface area (Å²) in [5.74, 6) is -0.671. The molecular weight excluding hydrogens is 653 g/mol. The van der Waals surface area contributed by atoms with Crippen molar-refractivity contribution in [1.29, 1.82) is 0 Å². The van der Waals surface area contributed by atoms with E-state index in [1.807, 2.05) is 52.1 Å². The van der Waals surface area contributed by atoms with E-state index in [9.17, 15) is 19.7 Å². The fraction of sp³-hybridized carbons (Fsp3) is 0.150. The molecule has 3 rings (SSSR count). The lowest BCUT2D eigenvalue weighted by Crippen LogP contribution is -2.09. The first-order chi connectivity index (χ1) is 14.7. The van der Waals surface area contributed by atoms with Gasteiger partial charge in [-0.05, 0) is 81.4 Å².